The van der Waals surface area contributed by atoms with E-state index in [9.17, 15) is 18.0 Å². The molecule has 2 fully saturated rings. The molecule has 0 bridgehead atoms. The molecule has 1 saturated heterocycles. The van der Waals surface area contributed by atoms with Gasteiger partial charge in [0.1, 0.15) is 6.10 Å². The van der Waals surface area contributed by atoms with Crippen molar-refractivity contribution in [3.05, 3.63) is 35.4 Å². The Bertz CT molecular complexity index is 591. The van der Waals surface area contributed by atoms with Crippen molar-refractivity contribution in [2.75, 3.05) is 6.54 Å². The third-order valence-corrected chi connectivity index (χ3v) is 4.45. The van der Waals surface area contributed by atoms with Gasteiger partial charge in [-0.1, -0.05) is 18.2 Å². The number of hydrogen-bond donors (Lipinski definition) is 2. The molecule has 23 heavy (non-hydrogen) atoms. The van der Waals surface area contributed by atoms with Crippen molar-refractivity contribution in [1.82, 2.24) is 5.32 Å². The van der Waals surface area contributed by atoms with Gasteiger partial charge < -0.3 is 15.8 Å². The van der Waals surface area contributed by atoms with Crippen molar-refractivity contribution < 1.29 is 22.7 Å². The molecule has 0 radical (unpaired) electrons. The summed E-state index contributed by atoms with van der Waals surface area (Å²) >= 11 is 0. The van der Waals surface area contributed by atoms with Gasteiger partial charge in [0.15, 0.2) is 0 Å². The van der Waals surface area contributed by atoms with E-state index >= 15 is 0 Å². The Balaban J connectivity index is 1.61. The van der Waals surface area contributed by atoms with Crippen molar-refractivity contribution in [2.24, 2.45) is 5.73 Å². The molecule has 4 atom stereocenters. The number of benzene rings is 1. The van der Waals surface area contributed by atoms with Gasteiger partial charge in [0.2, 0.25) is 5.91 Å². The smallest absolute Gasteiger partial charge is 0.364 e. The zero-order valence-electron chi connectivity index (χ0n) is 12.5. The van der Waals surface area contributed by atoms with Crippen molar-refractivity contribution in [3.63, 3.8) is 0 Å². The highest BCUT2D eigenvalue weighted by Crippen LogP contribution is 2.46. The van der Waals surface area contributed by atoms with E-state index in [-0.39, 0.29) is 29.5 Å². The van der Waals surface area contributed by atoms with Gasteiger partial charge in [-0.2, -0.15) is 13.2 Å². The fraction of sp³-hybridized carbons (Fsp3) is 0.562. The van der Waals surface area contributed by atoms with Gasteiger partial charge in [-0.3, -0.25) is 4.79 Å². The van der Waals surface area contributed by atoms with Crippen LogP contribution >= 0.6 is 0 Å². The summed E-state index contributed by atoms with van der Waals surface area (Å²) in [6.45, 7) is 0.370. The third kappa shape index (κ3) is 3.50. The summed E-state index contributed by atoms with van der Waals surface area (Å²) in [5.74, 6) is -0.540. The molecule has 1 heterocycles. The maximum absolute atomic E-state index is 13.0. The number of ether oxygens (including phenoxy) is 1. The van der Waals surface area contributed by atoms with Gasteiger partial charge >= 0.3 is 6.18 Å². The number of amides is 1. The number of halogens is 3. The van der Waals surface area contributed by atoms with Gasteiger partial charge in [-0.05, 0) is 30.9 Å². The second-order valence-electron chi connectivity index (χ2n) is 6.10. The molecule has 1 amide bonds. The summed E-state index contributed by atoms with van der Waals surface area (Å²) in [4.78, 5) is 12.1. The lowest BCUT2D eigenvalue weighted by molar-refractivity contribution is -0.138. The number of carbonyl (C=O) groups excluding carboxylic acids is 1. The summed E-state index contributed by atoms with van der Waals surface area (Å²) in [7, 11) is 0. The van der Waals surface area contributed by atoms with Crippen molar-refractivity contribution in [1.29, 1.82) is 0 Å². The minimum atomic E-state index is -4.38. The molecule has 7 heteroatoms. The van der Waals surface area contributed by atoms with E-state index in [1.807, 2.05) is 0 Å². The van der Waals surface area contributed by atoms with E-state index in [1.54, 1.807) is 6.07 Å². The minimum Gasteiger partial charge on any atom is -0.364 e. The average molecular weight is 328 g/mol. The standard InChI is InChI=1S/C16H19F3N2O2/c17-16(18,19)12-4-2-1-3-10(12)11-7-13(11)21-15(22)14-6-5-9(8-20)23-14/h1-4,9,11,13-14H,5-8,20H2,(H,21,22)/t9-,11?,13?,14+/m1/s1. The monoisotopic (exact) mass is 328 g/mol. The van der Waals surface area contributed by atoms with Crippen LogP contribution in [0.4, 0.5) is 13.2 Å². The van der Waals surface area contributed by atoms with Gasteiger partial charge in [0.05, 0.1) is 11.7 Å². The molecule has 0 aromatic heterocycles. The Labute approximate surface area is 132 Å². The summed E-state index contributed by atoms with van der Waals surface area (Å²) in [5, 5.41) is 2.80. The maximum atomic E-state index is 13.0. The summed E-state index contributed by atoms with van der Waals surface area (Å²) in [6, 6.07) is 5.27. The van der Waals surface area contributed by atoms with E-state index < -0.39 is 17.8 Å². The fourth-order valence-corrected chi connectivity index (χ4v) is 3.12. The number of hydrogen-bond acceptors (Lipinski definition) is 3. The zero-order chi connectivity index (χ0) is 16.6. The molecule has 3 N–H and O–H groups in total. The van der Waals surface area contributed by atoms with Gasteiger partial charge in [0, 0.05) is 18.5 Å². The van der Waals surface area contributed by atoms with Crippen LogP contribution in [0.2, 0.25) is 0 Å². The molecule has 2 aliphatic rings. The first kappa shape index (κ1) is 16.3. The van der Waals surface area contributed by atoms with Crippen molar-refractivity contribution >= 4 is 5.91 Å². The number of nitrogens with two attached hydrogens (primary N) is 1. The molecule has 0 spiro atoms. The molecule has 1 aromatic carbocycles. The third-order valence-electron chi connectivity index (χ3n) is 4.45. The Morgan fingerprint density at radius 2 is 2.04 bits per heavy atom. The summed E-state index contributed by atoms with van der Waals surface area (Å²) in [5.41, 5.74) is 5.13. The Kier molecular flexibility index (Phi) is 4.33. The van der Waals surface area contributed by atoms with Gasteiger partial charge in [-0.15, -0.1) is 0 Å². The first-order chi connectivity index (χ1) is 10.9. The van der Waals surface area contributed by atoms with Crippen LogP contribution in [0.25, 0.3) is 0 Å². The van der Waals surface area contributed by atoms with Crippen LogP contribution in [-0.2, 0) is 15.7 Å². The van der Waals surface area contributed by atoms with E-state index in [1.165, 1.54) is 12.1 Å². The second-order valence-corrected chi connectivity index (χ2v) is 6.10. The van der Waals surface area contributed by atoms with Gasteiger partial charge in [-0.25, -0.2) is 0 Å². The molecule has 4 nitrogen and oxygen atoms in total. The van der Waals surface area contributed by atoms with Crippen LogP contribution in [-0.4, -0.2) is 30.7 Å². The molecule has 3 rings (SSSR count). The molecule has 1 saturated carbocycles. The van der Waals surface area contributed by atoms with Crippen LogP contribution in [0.3, 0.4) is 0 Å². The van der Waals surface area contributed by atoms with Gasteiger partial charge in [0.25, 0.3) is 0 Å². The van der Waals surface area contributed by atoms with Crippen LogP contribution < -0.4 is 11.1 Å². The van der Waals surface area contributed by atoms with Crippen LogP contribution in [0, 0.1) is 0 Å². The van der Waals surface area contributed by atoms with Crippen LogP contribution in [0.15, 0.2) is 24.3 Å². The van der Waals surface area contributed by atoms with Crippen LogP contribution in [0.1, 0.15) is 36.3 Å². The second kappa shape index (κ2) is 6.13. The highest BCUT2D eigenvalue weighted by molar-refractivity contribution is 5.81. The SMILES string of the molecule is NC[C@H]1CC[C@@H](C(=O)NC2CC2c2ccccc2C(F)(F)F)O1. The molecule has 126 valence electrons. The lowest BCUT2D eigenvalue weighted by Gasteiger charge is -2.14. The first-order valence-corrected chi connectivity index (χ1v) is 7.72. The lowest BCUT2D eigenvalue weighted by atomic mass is 10.0. The number of rotatable bonds is 4. The summed E-state index contributed by atoms with van der Waals surface area (Å²) < 4.78 is 44.6. The van der Waals surface area contributed by atoms with Crippen molar-refractivity contribution in [2.45, 2.75) is 49.6 Å². The molecule has 1 aliphatic heterocycles. The van der Waals surface area contributed by atoms with E-state index in [0.29, 0.717) is 19.4 Å². The topological polar surface area (TPSA) is 64.4 Å². The Hall–Kier alpha value is -1.60. The fourth-order valence-electron chi connectivity index (χ4n) is 3.12. The Morgan fingerprint density at radius 1 is 1.30 bits per heavy atom. The molecule has 1 aliphatic carbocycles. The predicted molar refractivity (Wildman–Crippen MR) is 77.7 cm³/mol. The van der Waals surface area contributed by atoms with Crippen molar-refractivity contribution in [3.8, 4) is 0 Å². The summed E-state index contributed by atoms with van der Waals surface area (Å²) in [6.07, 6.45) is -3.17. The highest BCUT2D eigenvalue weighted by Gasteiger charge is 2.45. The number of alkyl halides is 3. The van der Waals surface area contributed by atoms with Crippen LogP contribution in [0.5, 0.6) is 0 Å². The van der Waals surface area contributed by atoms with E-state index in [4.69, 9.17) is 10.5 Å². The first-order valence-electron chi connectivity index (χ1n) is 7.72. The average Bonchev–Trinajstić information content (AvgIpc) is 3.10. The molecule has 2 unspecified atom stereocenters. The quantitative estimate of drug-likeness (QED) is 0.890. The molecule has 1 aromatic rings. The highest BCUT2D eigenvalue weighted by atomic mass is 19.4. The van der Waals surface area contributed by atoms with E-state index in [0.717, 1.165) is 12.5 Å². The normalized spacial score (nSPS) is 30.3. The lowest BCUT2D eigenvalue weighted by Crippen LogP contribution is -2.37. The van der Waals surface area contributed by atoms with E-state index in [2.05, 4.69) is 5.32 Å². The number of carbonyl (C=O) groups is 1. The Morgan fingerprint density at radius 3 is 2.70 bits per heavy atom. The molecular weight excluding hydrogens is 309 g/mol. The maximum Gasteiger partial charge on any atom is 0.416 e. The predicted octanol–water partition coefficient (Wildman–Crippen LogP) is 2.18. The molecular formula is C16H19F3N2O2. The number of nitrogens with one attached hydrogen (secondary N) is 1. The minimum absolute atomic E-state index is 0.105. The largest absolute Gasteiger partial charge is 0.416 e. The zero-order valence-corrected chi connectivity index (χ0v) is 12.5.